The van der Waals surface area contributed by atoms with Crippen LogP contribution in [0, 0.1) is 5.82 Å². The van der Waals surface area contributed by atoms with E-state index in [1.165, 1.54) is 6.07 Å². The molecule has 1 fully saturated rings. The molecule has 3 rings (SSSR count). The van der Waals surface area contributed by atoms with Crippen molar-refractivity contribution in [2.75, 3.05) is 32.8 Å². The summed E-state index contributed by atoms with van der Waals surface area (Å²) in [5, 5.41) is 3.76. The SMILES string of the molecule is Cl.Fc1cccc(C(CNCc2ccc(Cl)o2)N2CCOCC2)c1. The van der Waals surface area contributed by atoms with Gasteiger partial charge in [-0.2, -0.15) is 0 Å². The number of hydrogen-bond acceptors (Lipinski definition) is 4. The summed E-state index contributed by atoms with van der Waals surface area (Å²) >= 11 is 5.78. The van der Waals surface area contributed by atoms with Crippen LogP contribution in [-0.2, 0) is 11.3 Å². The van der Waals surface area contributed by atoms with Crippen LogP contribution >= 0.6 is 24.0 Å². The van der Waals surface area contributed by atoms with E-state index in [0.29, 0.717) is 31.5 Å². The van der Waals surface area contributed by atoms with Crippen molar-refractivity contribution in [3.05, 3.63) is 58.8 Å². The minimum atomic E-state index is -0.210. The van der Waals surface area contributed by atoms with Gasteiger partial charge in [0.25, 0.3) is 0 Å². The number of hydrogen-bond donors (Lipinski definition) is 1. The second-order valence-electron chi connectivity index (χ2n) is 5.56. The number of morpholine rings is 1. The molecule has 1 aromatic heterocycles. The fourth-order valence-electron chi connectivity index (χ4n) is 2.84. The van der Waals surface area contributed by atoms with E-state index in [0.717, 1.165) is 24.4 Å². The molecule has 1 unspecified atom stereocenters. The van der Waals surface area contributed by atoms with Crippen molar-refractivity contribution in [3.63, 3.8) is 0 Å². The molecule has 1 atom stereocenters. The minimum absolute atomic E-state index is 0. The van der Waals surface area contributed by atoms with Crippen LogP contribution in [0.1, 0.15) is 17.4 Å². The Kier molecular flexibility index (Phi) is 7.52. The quantitative estimate of drug-likeness (QED) is 0.837. The van der Waals surface area contributed by atoms with Gasteiger partial charge in [0.15, 0.2) is 5.22 Å². The topological polar surface area (TPSA) is 37.6 Å². The Bertz CT molecular complexity index is 633. The van der Waals surface area contributed by atoms with Gasteiger partial charge in [0, 0.05) is 25.7 Å². The van der Waals surface area contributed by atoms with Gasteiger partial charge < -0.3 is 14.5 Å². The number of benzene rings is 1. The zero-order valence-electron chi connectivity index (χ0n) is 13.2. The number of nitrogens with one attached hydrogen (secondary N) is 1. The molecule has 4 nitrogen and oxygen atoms in total. The van der Waals surface area contributed by atoms with E-state index in [1.807, 2.05) is 12.1 Å². The fraction of sp³-hybridized carbons (Fsp3) is 0.412. The van der Waals surface area contributed by atoms with E-state index in [-0.39, 0.29) is 24.3 Å². The molecule has 0 bridgehead atoms. The predicted octanol–water partition coefficient (Wildman–Crippen LogP) is 3.66. The summed E-state index contributed by atoms with van der Waals surface area (Å²) in [5.41, 5.74) is 0.969. The van der Waals surface area contributed by atoms with Crippen LogP contribution in [0.5, 0.6) is 0 Å². The van der Waals surface area contributed by atoms with Gasteiger partial charge in [-0.15, -0.1) is 12.4 Å². The highest BCUT2D eigenvalue weighted by molar-refractivity contribution is 6.28. The molecule has 0 aliphatic carbocycles. The van der Waals surface area contributed by atoms with Gasteiger partial charge in [0.1, 0.15) is 11.6 Å². The highest BCUT2D eigenvalue weighted by Gasteiger charge is 2.22. The lowest BCUT2D eigenvalue weighted by Crippen LogP contribution is -2.42. The lowest BCUT2D eigenvalue weighted by molar-refractivity contribution is 0.0159. The van der Waals surface area contributed by atoms with Crippen molar-refractivity contribution in [1.29, 1.82) is 0 Å². The largest absolute Gasteiger partial charge is 0.448 e. The molecule has 1 aliphatic heterocycles. The van der Waals surface area contributed by atoms with Gasteiger partial charge >= 0.3 is 0 Å². The molecule has 1 saturated heterocycles. The molecule has 0 spiro atoms. The van der Waals surface area contributed by atoms with Crippen LogP contribution in [0.4, 0.5) is 4.39 Å². The number of rotatable bonds is 6. The van der Waals surface area contributed by atoms with E-state index in [4.69, 9.17) is 20.8 Å². The molecule has 0 amide bonds. The molecule has 2 aromatic rings. The summed E-state index contributed by atoms with van der Waals surface area (Å²) in [5.74, 6) is 0.577. The Morgan fingerprint density at radius 2 is 2.00 bits per heavy atom. The van der Waals surface area contributed by atoms with Crippen molar-refractivity contribution in [3.8, 4) is 0 Å². The fourth-order valence-corrected chi connectivity index (χ4v) is 3.00. The van der Waals surface area contributed by atoms with Gasteiger partial charge in [-0.1, -0.05) is 12.1 Å². The van der Waals surface area contributed by atoms with Gasteiger partial charge in [-0.05, 0) is 41.4 Å². The molecule has 0 saturated carbocycles. The Hall–Kier alpha value is -1.11. The van der Waals surface area contributed by atoms with Gasteiger partial charge in [-0.25, -0.2) is 4.39 Å². The van der Waals surface area contributed by atoms with E-state index < -0.39 is 0 Å². The molecular weight excluding hydrogens is 354 g/mol. The van der Waals surface area contributed by atoms with Gasteiger partial charge in [0.05, 0.1) is 19.8 Å². The van der Waals surface area contributed by atoms with Crippen molar-refractivity contribution >= 4 is 24.0 Å². The molecule has 1 aromatic carbocycles. The van der Waals surface area contributed by atoms with Crippen LogP contribution in [0.2, 0.25) is 5.22 Å². The van der Waals surface area contributed by atoms with Crippen LogP contribution in [0.15, 0.2) is 40.8 Å². The Morgan fingerprint density at radius 1 is 1.21 bits per heavy atom. The van der Waals surface area contributed by atoms with E-state index in [9.17, 15) is 4.39 Å². The molecular formula is C17H21Cl2FN2O2. The first kappa shape index (κ1) is 19.2. The highest BCUT2D eigenvalue weighted by atomic mass is 35.5. The Labute approximate surface area is 152 Å². The standard InChI is InChI=1S/C17H20ClFN2O2.ClH/c18-17-5-4-15(23-17)11-20-12-16(21-6-8-22-9-7-21)13-2-1-3-14(19)10-13;/h1-5,10,16,20H,6-9,11-12H2;1H. The first-order chi connectivity index (χ1) is 11.2. The monoisotopic (exact) mass is 374 g/mol. The summed E-state index contributed by atoms with van der Waals surface area (Å²) < 4.78 is 24.4. The van der Waals surface area contributed by atoms with Crippen molar-refractivity contribution < 1.29 is 13.5 Å². The zero-order valence-corrected chi connectivity index (χ0v) is 14.8. The summed E-state index contributed by atoms with van der Waals surface area (Å²) in [7, 11) is 0. The zero-order chi connectivity index (χ0) is 16.1. The van der Waals surface area contributed by atoms with Crippen LogP contribution in [0.25, 0.3) is 0 Å². The average molecular weight is 375 g/mol. The van der Waals surface area contributed by atoms with Crippen LogP contribution in [-0.4, -0.2) is 37.7 Å². The predicted molar refractivity (Wildman–Crippen MR) is 94.2 cm³/mol. The summed E-state index contributed by atoms with van der Waals surface area (Å²) in [6, 6.07) is 10.5. The summed E-state index contributed by atoms with van der Waals surface area (Å²) in [6.45, 7) is 4.38. The maximum atomic E-state index is 13.6. The highest BCUT2D eigenvalue weighted by Crippen LogP contribution is 2.22. The Morgan fingerprint density at radius 3 is 2.67 bits per heavy atom. The maximum Gasteiger partial charge on any atom is 0.193 e. The molecule has 24 heavy (non-hydrogen) atoms. The van der Waals surface area contributed by atoms with E-state index in [1.54, 1.807) is 18.2 Å². The average Bonchev–Trinajstić information content (AvgIpc) is 2.98. The number of furan rings is 1. The smallest absolute Gasteiger partial charge is 0.193 e. The van der Waals surface area contributed by atoms with E-state index >= 15 is 0 Å². The summed E-state index contributed by atoms with van der Waals surface area (Å²) in [4.78, 5) is 2.32. The van der Waals surface area contributed by atoms with Crippen LogP contribution < -0.4 is 5.32 Å². The molecule has 0 radical (unpaired) electrons. The van der Waals surface area contributed by atoms with Gasteiger partial charge in [0.2, 0.25) is 0 Å². The summed E-state index contributed by atoms with van der Waals surface area (Å²) in [6.07, 6.45) is 0. The van der Waals surface area contributed by atoms with Crippen molar-refractivity contribution in [2.45, 2.75) is 12.6 Å². The Balaban J connectivity index is 0.00000208. The second kappa shape index (κ2) is 9.39. The minimum Gasteiger partial charge on any atom is -0.448 e. The third-order valence-electron chi connectivity index (χ3n) is 3.99. The van der Waals surface area contributed by atoms with Crippen molar-refractivity contribution in [2.24, 2.45) is 0 Å². The normalized spacial score (nSPS) is 16.6. The first-order valence-corrected chi connectivity index (χ1v) is 8.12. The third kappa shape index (κ3) is 5.19. The molecule has 1 aliphatic rings. The van der Waals surface area contributed by atoms with Crippen molar-refractivity contribution in [1.82, 2.24) is 10.2 Å². The lowest BCUT2D eigenvalue weighted by Gasteiger charge is -2.35. The maximum absolute atomic E-state index is 13.6. The van der Waals surface area contributed by atoms with E-state index in [2.05, 4.69) is 10.2 Å². The molecule has 2 heterocycles. The lowest BCUT2D eigenvalue weighted by atomic mass is 10.0. The number of halogens is 3. The third-order valence-corrected chi connectivity index (χ3v) is 4.19. The molecule has 7 heteroatoms. The number of ether oxygens (including phenoxy) is 1. The number of nitrogens with zero attached hydrogens (tertiary/aromatic N) is 1. The van der Waals surface area contributed by atoms with Gasteiger partial charge in [-0.3, -0.25) is 4.90 Å². The second-order valence-corrected chi connectivity index (χ2v) is 5.93. The first-order valence-electron chi connectivity index (χ1n) is 7.74. The molecule has 132 valence electrons. The molecule has 1 N–H and O–H groups in total. The van der Waals surface area contributed by atoms with Crippen LogP contribution in [0.3, 0.4) is 0 Å².